The predicted molar refractivity (Wildman–Crippen MR) is 74.6 cm³/mol. The standard InChI is InChI=1S/C14H7O.C5H.Fe/c15-14(13-8-4-5-9-13)11-10-12-6-2-1-3-7-12;1-2-4-5-3-1;/h1-3,6-7,10-11H;1H;/q2*-5;/b11-10+;;. The summed E-state index contributed by atoms with van der Waals surface area (Å²) in [4.78, 5) is 11.5. The summed E-state index contributed by atoms with van der Waals surface area (Å²) in [6.45, 7) is 0. The average Bonchev–Trinajstić information content (AvgIpc) is 3.20. The van der Waals surface area contributed by atoms with Crippen molar-refractivity contribution in [1.29, 1.82) is 0 Å². The Labute approximate surface area is 136 Å². The van der Waals surface area contributed by atoms with Crippen molar-refractivity contribution in [2.45, 2.75) is 0 Å². The number of carbonyl (C=O) groups is 1. The van der Waals surface area contributed by atoms with E-state index in [4.69, 9.17) is 0 Å². The third-order valence-electron chi connectivity index (χ3n) is 2.26. The van der Waals surface area contributed by atoms with Crippen molar-refractivity contribution in [3.05, 3.63) is 102 Å². The molecule has 0 aliphatic rings. The molecule has 0 saturated heterocycles. The molecule has 3 aromatic rings. The van der Waals surface area contributed by atoms with Gasteiger partial charge in [0.25, 0.3) is 0 Å². The van der Waals surface area contributed by atoms with E-state index in [9.17, 15) is 4.79 Å². The fraction of sp³-hybridized carbons (Fsp3) is 0. The summed E-state index contributed by atoms with van der Waals surface area (Å²) in [5.74, 6) is -0.128. The van der Waals surface area contributed by atoms with E-state index in [0.29, 0.717) is 5.56 Å². The number of hydrogen-bond donors (Lipinski definition) is 0. The van der Waals surface area contributed by atoms with Crippen LogP contribution < -0.4 is 0 Å². The van der Waals surface area contributed by atoms with Crippen LogP contribution >= 0.6 is 0 Å². The molecule has 2 heteroatoms. The Morgan fingerprint density at radius 1 is 1.00 bits per heavy atom. The van der Waals surface area contributed by atoms with Gasteiger partial charge < -0.3 is 76.8 Å². The zero-order valence-corrected chi connectivity index (χ0v) is 12.0. The van der Waals surface area contributed by atoms with Crippen LogP contribution in [0.15, 0.2) is 42.5 Å². The fourth-order valence-corrected chi connectivity index (χ4v) is 1.34. The van der Waals surface area contributed by atoms with Crippen LogP contribution in [0.25, 0.3) is 6.08 Å². The second kappa shape index (κ2) is 9.71. The maximum atomic E-state index is 11.5. The first-order valence-corrected chi connectivity index (χ1v) is 5.85. The maximum Gasteiger partial charge on any atom is 0 e. The van der Waals surface area contributed by atoms with Gasteiger partial charge in [0, 0.05) is 17.1 Å². The summed E-state index contributed by atoms with van der Waals surface area (Å²) in [5.41, 5.74) is 1.37. The van der Waals surface area contributed by atoms with Crippen molar-refractivity contribution in [3.8, 4) is 0 Å². The van der Waals surface area contributed by atoms with E-state index in [-0.39, 0.29) is 22.9 Å². The zero-order valence-electron chi connectivity index (χ0n) is 10.9. The zero-order chi connectivity index (χ0) is 14.0. The molecule has 0 fully saturated rings. The Hall–Kier alpha value is -2.15. The molecule has 0 amide bonds. The van der Waals surface area contributed by atoms with Crippen LogP contribution in [0.1, 0.15) is 15.9 Å². The molecule has 108 valence electrons. The molecular formula is C19H8FeO-10. The first-order chi connectivity index (χ1) is 9.86. The fourth-order valence-electron chi connectivity index (χ4n) is 1.34. The minimum atomic E-state index is -0.128. The smallest absolute Gasteiger partial charge is 0 e. The van der Waals surface area contributed by atoms with Crippen molar-refractivity contribution >= 4 is 11.9 Å². The van der Waals surface area contributed by atoms with Gasteiger partial charge in [0.2, 0.25) is 0 Å². The van der Waals surface area contributed by atoms with Gasteiger partial charge in [-0.2, -0.15) is 6.08 Å². The molecule has 3 rings (SSSR count). The molecule has 0 aliphatic carbocycles. The number of benzene rings is 1. The second-order valence-electron chi connectivity index (χ2n) is 3.67. The summed E-state index contributed by atoms with van der Waals surface area (Å²) in [6.07, 6.45) is 3.26. The number of ketones is 1. The Kier molecular flexibility index (Phi) is 7.81. The summed E-state index contributed by atoms with van der Waals surface area (Å²) < 4.78 is 0. The van der Waals surface area contributed by atoms with Crippen LogP contribution in [0, 0.1) is 48.5 Å². The van der Waals surface area contributed by atoms with E-state index in [1.54, 1.807) is 12.1 Å². The van der Waals surface area contributed by atoms with Gasteiger partial charge in [-0.15, -0.1) is 0 Å². The normalized spacial score (nSPS) is 9.52. The van der Waals surface area contributed by atoms with Crippen molar-refractivity contribution in [2.75, 3.05) is 0 Å². The molecule has 3 aromatic carbocycles. The Morgan fingerprint density at radius 3 is 2.14 bits per heavy atom. The quantitative estimate of drug-likeness (QED) is 0.314. The summed E-state index contributed by atoms with van der Waals surface area (Å²) in [5, 5.41) is 0. The Balaban J connectivity index is 0.000000313. The van der Waals surface area contributed by atoms with Crippen LogP contribution in [0.5, 0.6) is 0 Å². The van der Waals surface area contributed by atoms with Gasteiger partial charge >= 0.3 is 0 Å². The van der Waals surface area contributed by atoms with Crippen molar-refractivity contribution in [2.24, 2.45) is 0 Å². The van der Waals surface area contributed by atoms with Crippen molar-refractivity contribution in [3.63, 3.8) is 0 Å². The molecule has 0 atom stereocenters. The average molecular weight is 308 g/mol. The molecule has 0 bridgehead atoms. The molecule has 21 heavy (non-hydrogen) atoms. The van der Waals surface area contributed by atoms with E-state index < -0.39 is 0 Å². The Bertz CT molecular complexity index is 602. The minimum absolute atomic E-state index is 0. The monoisotopic (exact) mass is 308 g/mol. The van der Waals surface area contributed by atoms with Gasteiger partial charge in [-0.05, 0) is 0 Å². The van der Waals surface area contributed by atoms with E-state index >= 15 is 0 Å². The number of rotatable bonds is 3. The molecular weight excluding hydrogens is 300 g/mol. The van der Waals surface area contributed by atoms with E-state index in [2.05, 4.69) is 48.5 Å². The van der Waals surface area contributed by atoms with Crippen LogP contribution in [0.2, 0.25) is 0 Å². The minimum Gasteiger partial charge on any atom is -0.999 e. The molecule has 1 nitrogen and oxygen atoms in total. The summed E-state index contributed by atoms with van der Waals surface area (Å²) in [6, 6.07) is 32.0. The first kappa shape index (κ1) is 16.9. The van der Waals surface area contributed by atoms with Gasteiger partial charge in [-0.1, -0.05) is 35.9 Å². The van der Waals surface area contributed by atoms with Gasteiger partial charge in [-0.3, -0.25) is 0 Å². The molecule has 0 aliphatic heterocycles. The van der Waals surface area contributed by atoms with E-state index in [0.717, 1.165) is 5.56 Å². The summed E-state index contributed by atoms with van der Waals surface area (Å²) >= 11 is 0. The molecule has 0 saturated carbocycles. The van der Waals surface area contributed by atoms with Crippen LogP contribution in [0.4, 0.5) is 0 Å². The largest absolute Gasteiger partial charge is 0.999 e. The van der Waals surface area contributed by atoms with Crippen LogP contribution in [-0.4, -0.2) is 5.78 Å². The van der Waals surface area contributed by atoms with Gasteiger partial charge in [-0.25, -0.2) is 0 Å². The first-order valence-electron chi connectivity index (χ1n) is 5.85. The Morgan fingerprint density at radius 2 is 1.62 bits per heavy atom. The molecule has 0 heterocycles. The van der Waals surface area contributed by atoms with Gasteiger partial charge in [0.1, 0.15) is 0 Å². The topological polar surface area (TPSA) is 17.1 Å². The van der Waals surface area contributed by atoms with Crippen molar-refractivity contribution in [1.82, 2.24) is 0 Å². The molecule has 0 aromatic heterocycles. The maximum absolute atomic E-state index is 11.5. The molecule has 0 radical (unpaired) electrons. The van der Waals surface area contributed by atoms with E-state index in [1.165, 1.54) is 6.08 Å². The number of carbonyl (C=O) groups excluding carboxylic acids is 1. The number of allylic oxidation sites excluding steroid dienone is 1. The third-order valence-corrected chi connectivity index (χ3v) is 2.26. The third kappa shape index (κ3) is 6.22. The van der Waals surface area contributed by atoms with Gasteiger partial charge in [0.15, 0.2) is 0 Å². The molecule has 0 N–H and O–H groups in total. The molecule has 0 spiro atoms. The number of hydrogen-bond acceptors (Lipinski definition) is 1. The van der Waals surface area contributed by atoms with Crippen molar-refractivity contribution < 1.29 is 21.9 Å². The van der Waals surface area contributed by atoms with Crippen LogP contribution in [0.3, 0.4) is 0 Å². The SMILES string of the molecule is O=C(/C=C/c1ccccc1)[c-]1[c-][c-][c-][c-]1.[Fe].[c-]1[c-][c-][cH-][c-]1. The van der Waals surface area contributed by atoms with Gasteiger partial charge in [0.05, 0.1) is 0 Å². The predicted octanol–water partition coefficient (Wildman–Crippen LogP) is 3.11. The molecule has 0 unspecified atom stereocenters. The van der Waals surface area contributed by atoms with Crippen LogP contribution in [-0.2, 0) is 17.1 Å². The second-order valence-corrected chi connectivity index (χ2v) is 3.67. The summed E-state index contributed by atoms with van der Waals surface area (Å²) in [7, 11) is 0. The van der Waals surface area contributed by atoms with E-state index in [1.807, 2.05) is 30.3 Å².